The van der Waals surface area contributed by atoms with Gasteiger partial charge in [0.25, 0.3) is 0 Å². The van der Waals surface area contributed by atoms with Crippen LogP contribution in [0.15, 0.2) is 0 Å². The molecule has 0 atom stereocenters. The Bertz CT molecular complexity index is 58.8. The van der Waals surface area contributed by atoms with Gasteiger partial charge in [0.1, 0.15) is 0 Å². The van der Waals surface area contributed by atoms with Crippen molar-refractivity contribution in [2.24, 2.45) is 0 Å². The van der Waals surface area contributed by atoms with E-state index in [1.165, 1.54) is 6.66 Å². The molecule has 0 amide bonds. The zero-order chi connectivity index (χ0) is 6.62. The molecular formula is C4H13O3P. The Balaban J connectivity index is 3.11. The summed E-state index contributed by atoms with van der Waals surface area (Å²) in [6, 6.07) is 0. The van der Waals surface area contributed by atoms with Crippen molar-refractivity contribution in [1.29, 1.82) is 0 Å². The van der Waals surface area contributed by atoms with E-state index in [9.17, 15) is 0 Å². The zero-order valence-corrected chi connectivity index (χ0v) is 6.22. The molecule has 0 heterocycles. The number of rotatable bonds is 3. The van der Waals surface area contributed by atoms with Crippen LogP contribution in [0.3, 0.4) is 0 Å². The van der Waals surface area contributed by atoms with Crippen molar-refractivity contribution in [3.63, 3.8) is 0 Å². The van der Waals surface area contributed by atoms with Gasteiger partial charge in [0.2, 0.25) is 0 Å². The quantitative estimate of drug-likeness (QED) is 0.562. The molecule has 0 spiro atoms. The first-order valence-corrected chi connectivity index (χ1v) is 4.95. The molecule has 0 aliphatic rings. The van der Waals surface area contributed by atoms with Gasteiger partial charge >= 0.3 is 48.9 Å². The van der Waals surface area contributed by atoms with E-state index in [1.54, 1.807) is 0 Å². The van der Waals surface area contributed by atoms with Gasteiger partial charge in [-0.05, 0) is 0 Å². The van der Waals surface area contributed by atoms with Crippen molar-refractivity contribution in [2.45, 2.75) is 13.3 Å². The average Bonchev–Trinajstić information content (AvgIpc) is 1.59. The molecule has 0 rings (SSSR count). The topological polar surface area (TPSA) is 49.7 Å². The average molecular weight is 140 g/mol. The Morgan fingerprint density at radius 1 is 1.50 bits per heavy atom. The van der Waals surface area contributed by atoms with Crippen LogP contribution in [0.1, 0.15) is 13.3 Å². The van der Waals surface area contributed by atoms with E-state index in [1.807, 2.05) is 6.92 Å². The van der Waals surface area contributed by atoms with Crippen LogP contribution in [0.4, 0.5) is 0 Å². The van der Waals surface area contributed by atoms with Gasteiger partial charge in [-0.1, -0.05) is 0 Å². The fourth-order valence-corrected chi connectivity index (χ4v) is 0.886. The van der Waals surface area contributed by atoms with Gasteiger partial charge in [0.15, 0.2) is 0 Å². The van der Waals surface area contributed by atoms with Gasteiger partial charge in [0.05, 0.1) is 0 Å². The van der Waals surface area contributed by atoms with Gasteiger partial charge in [-0.25, -0.2) is 0 Å². The SMILES string of the molecule is CCCO[PH](C)(O)O. The van der Waals surface area contributed by atoms with Crippen LogP contribution in [0.25, 0.3) is 0 Å². The molecule has 0 aromatic carbocycles. The second kappa shape index (κ2) is 3.36. The van der Waals surface area contributed by atoms with Crippen LogP contribution in [0.5, 0.6) is 0 Å². The predicted octanol–water partition coefficient (Wildman–Crippen LogP) is 0.522. The van der Waals surface area contributed by atoms with Gasteiger partial charge in [-0.3, -0.25) is 0 Å². The molecule has 0 bridgehead atoms. The zero-order valence-electron chi connectivity index (χ0n) is 5.22. The first-order valence-electron chi connectivity index (χ1n) is 2.65. The maximum absolute atomic E-state index is 8.62. The van der Waals surface area contributed by atoms with Crippen molar-refractivity contribution >= 4 is 7.94 Å². The van der Waals surface area contributed by atoms with Crippen LogP contribution in [-0.4, -0.2) is 23.1 Å². The van der Waals surface area contributed by atoms with E-state index in [2.05, 4.69) is 4.52 Å². The molecule has 0 aromatic rings. The van der Waals surface area contributed by atoms with E-state index >= 15 is 0 Å². The summed E-state index contributed by atoms with van der Waals surface area (Å²) < 4.78 is 4.63. The standard InChI is InChI=1S/C4H13O3P/c1-3-4-7-8(2,5)6/h5-6,8H,3-4H2,1-2H3. The van der Waals surface area contributed by atoms with Crippen LogP contribution in [0.2, 0.25) is 0 Å². The van der Waals surface area contributed by atoms with Gasteiger partial charge in [-0.2, -0.15) is 0 Å². The summed E-state index contributed by atoms with van der Waals surface area (Å²) in [6.45, 7) is 3.68. The third-order valence-corrected chi connectivity index (χ3v) is 1.33. The summed E-state index contributed by atoms with van der Waals surface area (Å²) in [5.41, 5.74) is 0. The third kappa shape index (κ3) is 6.31. The van der Waals surface area contributed by atoms with Gasteiger partial charge < -0.3 is 0 Å². The Labute approximate surface area is 49.9 Å². The first-order chi connectivity index (χ1) is 3.56. The van der Waals surface area contributed by atoms with E-state index < -0.39 is 7.94 Å². The van der Waals surface area contributed by atoms with Crippen molar-refractivity contribution < 1.29 is 14.3 Å². The molecule has 2 N–H and O–H groups in total. The van der Waals surface area contributed by atoms with E-state index in [4.69, 9.17) is 9.79 Å². The van der Waals surface area contributed by atoms with Crippen molar-refractivity contribution in [3.05, 3.63) is 0 Å². The fraction of sp³-hybridized carbons (Fsp3) is 1.00. The molecule has 0 aliphatic carbocycles. The summed E-state index contributed by atoms with van der Waals surface area (Å²) in [4.78, 5) is 17.2. The number of hydrogen-bond donors (Lipinski definition) is 2. The normalized spacial score (nSPS) is 14.0. The summed E-state index contributed by atoms with van der Waals surface area (Å²) in [6.07, 6.45) is 0.823. The molecule has 0 saturated heterocycles. The summed E-state index contributed by atoms with van der Waals surface area (Å²) in [5, 5.41) is 0. The monoisotopic (exact) mass is 140 g/mol. The molecule has 4 heteroatoms. The fourth-order valence-electron chi connectivity index (χ4n) is 0.295. The molecule has 0 unspecified atom stereocenters. The molecule has 0 fully saturated rings. The van der Waals surface area contributed by atoms with Crippen LogP contribution >= 0.6 is 7.94 Å². The molecule has 0 aliphatic heterocycles. The van der Waals surface area contributed by atoms with Gasteiger partial charge in [-0.15, -0.1) is 0 Å². The first kappa shape index (κ1) is 8.31. The van der Waals surface area contributed by atoms with Crippen molar-refractivity contribution in [3.8, 4) is 0 Å². The van der Waals surface area contributed by atoms with E-state index in [0.29, 0.717) is 6.61 Å². The Hall–Kier alpha value is 0.310. The van der Waals surface area contributed by atoms with Crippen molar-refractivity contribution in [1.82, 2.24) is 0 Å². The van der Waals surface area contributed by atoms with E-state index in [0.717, 1.165) is 6.42 Å². The van der Waals surface area contributed by atoms with Crippen LogP contribution in [-0.2, 0) is 4.52 Å². The molecule has 0 radical (unpaired) electrons. The van der Waals surface area contributed by atoms with Crippen LogP contribution < -0.4 is 0 Å². The predicted molar refractivity (Wildman–Crippen MR) is 34.9 cm³/mol. The van der Waals surface area contributed by atoms with Gasteiger partial charge in [0, 0.05) is 0 Å². The Morgan fingerprint density at radius 3 is 2.12 bits per heavy atom. The van der Waals surface area contributed by atoms with Crippen LogP contribution in [0, 0.1) is 0 Å². The Morgan fingerprint density at radius 2 is 2.00 bits per heavy atom. The number of hydrogen-bond acceptors (Lipinski definition) is 3. The maximum atomic E-state index is 8.62. The molecule has 3 nitrogen and oxygen atoms in total. The summed E-state index contributed by atoms with van der Waals surface area (Å²) >= 11 is 0. The van der Waals surface area contributed by atoms with Crippen molar-refractivity contribution in [2.75, 3.05) is 13.3 Å². The molecule has 8 heavy (non-hydrogen) atoms. The summed E-state index contributed by atoms with van der Waals surface area (Å²) in [5.74, 6) is 0. The summed E-state index contributed by atoms with van der Waals surface area (Å²) in [7, 11) is -3.18. The molecule has 0 aromatic heterocycles. The minimum absolute atomic E-state index is 0.440. The van der Waals surface area contributed by atoms with E-state index in [-0.39, 0.29) is 0 Å². The Kier molecular flexibility index (Phi) is 3.49. The second-order valence-corrected chi connectivity index (χ2v) is 3.94. The molecule has 52 valence electrons. The molecular weight excluding hydrogens is 127 g/mol. The molecule has 0 saturated carbocycles. The second-order valence-electron chi connectivity index (χ2n) is 1.78. The minimum atomic E-state index is -3.18. The third-order valence-electron chi connectivity index (χ3n) is 0.580.